The summed E-state index contributed by atoms with van der Waals surface area (Å²) in [5.74, 6) is 0.118. The summed E-state index contributed by atoms with van der Waals surface area (Å²) in [5, 5.41) is 5.94. The molecule has 0 aliphatic heterocycles. The Bertz CT molecular complexity index is 886. The van der Waals surface area contributed by atoms with Gasteiger partial charge in [-0.15, -0.1) is 0 Å². The zero-order valence-corrected chi connectivity index (χ0v) is 15.1. The number of carbonyl (C=O) groups is 1. The molecule has 1 aromatic carbocycles. The molecule has 3 aromatic rings. The largest absolute Gasteiger partial charge is 0.350 e. The molecule has 2 aromatic heterocycles. The van der Waals surface area contributed by atoms with Gasteiger partial charge in [-0.25, -0.2) is 9.97 Å². The number of carbonyl (C=O) groups excluding carboxylic acids is 1. The van der Waals surface area contributed by atoms with E-state index in [2.05, 4.69) is 41.5 Å². The van der Waals surface area contributed by atoms with Crippen molar-refractivity contribution in [2.24, 2.45) is 0 Å². The molecule has 0 spiro atoms. The molecule has 0 aliphatic rings. The van der Waals surface area contributed by atoms with Crippen LogP contribution in [-0.4, -0.2) is 20.9 Å². The van der Waals surface area contributed by atoms with Crippen LogP contribution in [0.3, 0.4) is 0 Å². The molecule has 1 amide bonds. The van der Waals surface area contributed by atoms with Gasteiger partial charge >= 0.3 is 0 Å². The Morgan fingerprint density at radius 3 is 2.68 bits per heavy atom. The molecule has 6 nitrogen and oxygen atoms in total. The lowest BCUT2D eigenvalue weighted by Gasteiger charge is -2.08. The summed E-state index contributed by atoms with van der Waals surface area (Å²) >= 11 is 3.44. The highest BCUT2D eigenvalue weighted by Crippen LogP contribution is 2.20. The van der Waals surface area contributed by atoms with E-state index in [9.17, 15) is 4.79 Å². The highest BCUT2D eigenvalue weighted by Gasteiger charge is 2.10. The van der Waals surface area contributed by atoms with Crippen molar-refractivity contribution < 1.29 is 4.79 Å². The minimum Gasteiger partial charge on any atom is -0.350 e. The molecule has 0 saturated carbocycles. The monoisotopic (exact) mass is 397 g/mol. The fourth-order valence-corrected chi connectivity index (χ4v) is 2.42. The number of nitrogens with zero attached hydrogens (tertiary/aromatic N) is 3. The number of pyridine rings is 1. The number of nitrogens with one attached hydrogen (secondary N) is 2. The van der Waals surface area contributed by atoms with E-state index in [1.807, 2.05) is 37.3 Å². The second-order valence-corrected chi connectivity index (χ2v) is 6.25. The average molecular weight is 398 g/mol. The van der Waals surface area contributed by atoms with Gasteiger partial charge in [0.15, 0.2) is 0 Å². The molecule has 0 bridgehead atoms. The number of anilines is 2. The highest BCUT2D eigenvalue weighted by atomic mass is 79.9. The van der Waals surface area contributed by atoms with Crippen molar-refractivity contribution in [2.75, 3.05) is 10.6 Å². The quantitative estimate of drug-likeness (QED) is 0.684. The lowest BCUT2D eigenvalue weighted by molar-refractivity contribution is 0.102. The van der Waals surface area contributed by atoms with Gasteiger partial charge in [0.25, 0.3) is 5.91 Å². The molecule has 2 N–H and O–H groups in total. The van der Waals surface area contributed by atoms with Gasteiger partial charge in [-0.1, -0.05) is 15.9 Å². The van der Waals surface area contributed by atoms with Crippen LogP contribution in [-0.2, 0) is 6.54 Å². The van der Waals surface area contributed by atoms with E-state index >= 15 is 0 Å². The molecule has 0 aliphatic carbocycles. The second kappa shape index (κ2) is 7.85. The van der Waals surface area contributed by atoms with E-state index in [1.54, 1.807) is 24.7 Å². The van der Waals surface area contributed by atoms with E-state index in [-0.39, 0.29) is 5.91 Å². The molecule has 126 valence electrons. The molecule has 0 fully saturated rings. The van der Waals surface area contributed by atoms with E-state index in [0.29, 0.717) is 18.2 Å². The Hall–Kier alpha value is -2.80. The Balaban J connectivity index is 1.67. The molecule has 7 heteroatoms. The number of benzene rings is 1. The second-order valence-electron chi connectivity index (χ2n) is 5.39. The van der Waals surface area contributed by atoms with Crippen molar-refractivity contribution in [1.82, 2.24) is 15.0 Å². The van der Waals surface area contributed by atoms with Gasteiger partial charge in [-0.2, -0.15) is 0 Å². The smallest absolute Gasteiger partial charge is 0.274 e. The minimum absolute atomic E-state index is 0.281. The van der Waals surface area contributed by atoms with Crippen LogP contribution in [0.2, 0.25) is 0 Å². The van der Waals surface area contributed by atoms with Crippen LogP contribution >= 0.6 is 15.9 Å². The predicted molar refractivity (Wildman–Crippen MR) is 100 cm³/mol. The number of rotatable bonds is 5. The highest BCUT2D eigenvalue weighted by molar-refractivity contribution is 9.10. The summed E-state index contributed by atoms with van der Waals surface area (Å²) < 4.78 is 0.995. The fraction of sp³-hybridized carbons (Fsp3) is 0.111. The molecular weight excluding hydrogens is 382 g/mol. The van der Waals surface area contributed by atoms with Gasteiger partial charge in [0.2, 0.25) is 5.95 Å². The first-order valence-electron chi connectivity index (χ1n) is 7.65. The van der Waals surface area contributed by atoms with Gasteiger partial charge in [0.05, 0.1) is 0 Å². The van der Waals surface area contributed by atoms with Gasteiger partial charge in [-0.3, -0.25) is 9.78 Å². The maximum atomic E-state index is 12.4. The molecule has 0 atom stereocenters. The molecule has 0 radical (unpaired) electrons. The summed E-state index contributed by atoms with van der Waals surface area (Å²) in [6, 6.07) is 11.0. The van der Waals surface area contributed by atoms with Crippen LogP contribution in [0.25, 0.3) is 0 Å². The van der Waals surface area contributed by atoms with Crippen molar-refractivity contribution in [3.8, 4) is 0 Å². The van der Waals surface area contributed by atoms with Crippen LogP contribution in [0, 0.1) is 6.92 Å². The number of aryl methyl sites for hydroxylation is 1. The van der Waals surface area contributed by atoms with E-state index in [0.717, 1.165) is 21.3 Å². The SMILES string of the molecule is Cc1cc(NC(=O)c2ccnc(NCc3ccncc3)n2)ccc1Br. The molecular formula is C18H16BrN5O. The lowest BCUT2D eigenvalue weighted by atomic mass is 10.2. The third-order valence-corrected chi connectivity index (χ3v) is 4.39. The minimum atomic E-state index is -0.281. The van der Waals surface area contributed by atoms with Crippen molar-refractivity contribution in [2.45, 2.75) is 13.5 Å². The van der Waals surface area contributed by atoms with Crippen LogP contribution in [0.1, 0.15) is 21.6 Å². The first-order valence-corrected chi connectivity index (χ1v) is 8.44. The van der Waals surface area contributed by atoms with Crippen molar-refractivity contribution in [3.63, 3.8) is 0 Å². The van der Waals surface area contributed by atoms with Gasteiger partial charge in [0.1, 0.15) is 5.69 Å². The number of amides is 1. The molecule has 25 heavy (non-hydrogen) atoms. The molecule has 2 heterocycles. The number of aromatic nitrogens is 3. The van der Waals surface area contributed by atoms with Gasteiger partial charge < -0.3 is 10.6 Å². The number of halogens is 1. The van der Waals surface area contributed by atoms with E-state index in [1.165, 1.54) is 0 Å². The van der Waals surface area contributed by atoms with Crippen molar-refractivity contribution in [1.29, 1.82) is 0 Å². The van der Waals surface area contributed by atoms with Crippen LogP contribution < -0.4 is 10.6 Å². The topological polar surface area (TPSA) is 79.8 Å². The maximum Gasteiger partial charge on any atom is 0.274 e. The summed E-state index contributed by atoms with van der Waals surface area (Å²) in [5.41, 5.74) is 3.11. The third kappa shape index (κ3) is 4.60. The van der Waals surface area contributed by atoms with Crippen molar-refractivity contribution >= 4 is 33.5 Å². The zero-order chi connectivity index (χ0) is 17.6. The van der Waals surface area contributed by atoms with Gasteiger partial charge in [0, 0.05) is 35.3 Å². The number of hydrogen-bond acceptors (Lipinski definition) is 5. The predicted octanol–water partition coefficient (Wildman–Crippen LogP) is 3.81. The summed E-state index contributed by atoms with van der Waals surface area (Å²) in [7, 11) is 0. The first-order chi connectivity index (χ1) is 12.1. The summed E-state index contributed by atoms with van der Waals surface area (Å²) in [6.45, 7) is 2.52. The Morgan fingerprint density at radius 2 is 1.92 bits per heavy atom. The maximum absolute atomic E-state index is 12.4. The van der Waals surface area contributed by atoms with Crippen LogP contribution in [0.5, 0.6) is 0 Å². The first kappa shape index (κ1) is 17.0. The Labute approximate surface area is 153 Å². The van der Waals surface area contributed by atoms with E-state index in [4.69, 9.17) is 0 Å². The normalized spacial score (nSPS) is 10.3. The van der Waals surface area contributed by atoms with Gasteiger partial charge in [-0.05, 0) is 54.4 Å². The van der Waals surface area contributed by atoms with Crippen LogP contribution in [0.15, 0.2) is 59.5 Å². The summed E-state index contributed by atoms with van der Waals surface area (Å²) in [6.07, 6.45) is 5.01. The Kier molecular flexibility index (Phi) is 5.35. The van der Waals surface area contributed by atoms with Crippen molar-refractivity contribution in [3.05, 3.63) is 76.3 Å². The molecule has 3 rings (SSSR count). The third-order valence-electron chi connectivity index (χ3n) is 3.50. The summed E-state index contributed by atoms with van der Waals surface area (Å²) in [4.78, 5) is 24.8. The standard InChI is InChI=1S/C18H16BrN5O/c1-12-10-14(2-3-15(12)19)23-17(25)16-6-9-21-18(24-16)22-11-13-4-7-20-8-5-13/h2-10H,11H2,1H3,(H,23,25)(H,21,22,24). The van der Waals surface area contributed by atoms with Crippen LogP contribution in [0.4, 0.5) is 11.6 Å². The van der Waals surface area contributed by atoms with E-state index < -0.39 is 0 Å². The number of hydrogen-bond donors (Lipinski definition) is 2. The molecule has 0 saturated heterocycles. The fourth-order valence-electron chi connectivity index (χ4n) is 2.17. The Morgan fingerprint density at radius 1 is 1.12 bits per heavy atom. The zero-order valence-electron chi connectivity index (χ0n) is 13.5. The lowest BCUT2D eigenvalue weighted by Crippen LogP contribution is -2.15. The molecule has 0 unspecified atom stereocenters. The average Bonchev–Trinajstić information content (AvgIpc) is 2.64.